The second-order valence-electron chi connectivity index (χ2n) is 27.4. The first-order valence-electron chi connectivity index (χ1n) is 32.3. The Labute approximate surface area is 540 Å². The molecule has 3 aromatic heterocycles. The maximum atomic E-state index is 14.1. The Morgan fingerprint density at radius 3 is 1.88 bits per heavy atom. The number of carbonyl (C=O) groups is 1. The molecule has 31 heteroatoms. The van der Waals surface area contributed by atoms with Crippen molar-refractivity contribution in [1.82, 2.24) is 39.1 Å². The molecule has 4 saturated heterocycles. The number of aromatic nitrogens is 8. The molecule has 13 rings (SSSR count). The second kappa shape index (κ2) is 28.2. The highest BCUT2D eigenvalue weighted by molar-refractivity contribution is 5.85. The summed E-state index contributed by atoms with van der Waals surface area (Å²) in [5, 5.41) is 114. The molecule has 0 radical (unpaired) electrons. The predicted octanol–water partition coefficient (Wildman–Crippen LogP) is 0.391. The fourth-order valence-electron chi connectivity index (χ4n) is 16.7. The molecule has 4 aliphatic carbocycles. The number of hydrogen-bond acceptors (Lipinski definition) is 26. The summed E-state index contributed by atoms with van der Waals surface area (Å²) in [4.78, 5) is 34.5. The van der Waals surface area contributed by atoms with Gasteiger partial charge in [-0.3, -0.25) is 4.57 Å². The molecule has 4 aromatic rings. The quantitative estimate of drug-likeness (QED) is 0.0601. The van der Waals surface area contributed by atoms with Crippen LogP contribution in [-0.2, 0) is 61.4 Å². The lowest BCUT2D eigenvalue weighted by atomic mass is 9.42. The fraction of sp³-hybridized carbons (Fsp3) is 0.730. The largest absolute Gasteiger partial charge is 0.458 e. The third-order valence-electron chi connectivity index (χ3n) is 21.8. The van der Waals surface area contributed by atoms with E-state index in [0.29, 0.717) is 18.8 Å². The SMILES string of the molecule is C[C@H]1O[C@@H](O[C@H]2[C@@H](O)C[C@H](O[C@H]3[C@@H](O)C[C@H](O[C@H]4CC[C@@]5(C)[C@H](CC[C@@H]6[C@@H]5C[C@@H](O)[C@]5(C)[C@@H](C7=CC(=O)OC7)CC[C@]65O)C4)O[C@@H]3C)O[C@@H]2C)C[C@H](O)[C@@H]1O.Nc1ccn([C@@H]2O[C@H](CO)[C@@H](O)[C@@H]2O)c(=O)n1.OC(Cn1cncn1)(Cn1cncn1)c1ccc(F)cc1F. The number of esters is 1. The molecule has 0 bridgehead atoms. The van der Waals surface area contributed by atoms with Crippen LogP contribution in [0.4, 0.5) is 14.6 Å². The van der Waals surface area contributed by atoms with Gasteiger partial charge in [0.1, 0.15) is 91.6 Å². The molecule has 29 nitrogen and oxygen atoms in total. The van der Waals surface area contributed by atoms with Crippen molar-refractivity contribution in [3.63, 3.8) is 0 Å². The Morgan fingerprint density at radius 1 is 0.723 bits per heavy atom. The van der Waals surface area contributed by atoms with Crippen LogP contribution in [0.2, 0.25) is 0 Å². The molecule has 12 N–H and O–H groups in total. The summed E-state index contributed by atoms with van der Waals surface area (Å²) in [5.41, 5.74) is 1.99. The summed E-state index contributed by atoms with van der Waals surface area (Å²) in [7, 11) is 0. The Balaban J connectivity index is 0.000000187. The van der Waals surface area contributed by atoms with Gasteiger partial charge in [-0.2, -0.15) is 15.2 Å². The zero-order valence-corrected chi connectivity index (χ0v) is 53.0. The molecule has 9 aliphatic rings. The van der Waals surface area contributed by atoms with Gasteiger partial charge in [0.2, 0.25) is 0 Å². The Kier molecular flexibility index (Phi) is 21.0. The van der Waals surface area contributed by atoms with Crippen LogP contribution in [0.1, 0.15) is 117 Å². The van der Waals surface area contributed by atoms with Gasteiger partial charge in [-0.1, -0.05) is 19.9 Å². The fourth-order valence-corrected chi connectivity index (χ4v) is 16.7. The number of anilines is 1. The number of aliphatic hydroxyl groups is 10. The Bertz CT molecular complexity index is 3230. The summed E-state index contributed by atoms with van der Waals surface area (Å²) in [6.45, 7) is 9.30. The lowest BCUT2D eigenvalue weighted by molar-refractivity contribution is -0.336. The first kappa shape index (κ1) is 69.9. The van der Waals surface area contributed by atoms with Gasteiger partial charge in [0.25, 0.3) is 0 Å². The van der Waals surface area contributed by atoms with E-state index in [9.17, 15) is 64.3 Å². The van der Waals surface area contributed by atoms with Gasteiger partial charge in [0, 0.05) is 48.6 Å². The van der Waals surface area contributed by atoms with Crippen LogP contribution in [0.25, 0.3) is 0 Å². The number of rotatable bonds is 14. The van der Waals surface area contributed by atoms with E-state index in [1.54, 1.807) is 19.9 Å². The topological polar surface area (TPSA) is 416 Å². The van der Waals surface area contributed by atoms with Crippen LogP contribution < -0.4 is 11.4 Å². The highest BCUT2D eigenvalue weighted by Gasteiger charge is 2.71. The molecule has 8 fully saturated rings. The van der Waals surface area contributed by atoms with Crippen molar-refractivity contribution in [3.05, 3.63) is 95.1 Å². The molecular weight excluding hydrogens is 1240 g/mol. The van der Waals surface area contributed by atoms with Crippen molar-refractivity contribution in [2.45, 2.75) is 240 Å². The van der Waals surface area contributed by atoms with Crippen LogP contribution in [0, 0.1) is 46.1 Å². The van der Waals surface area contributed by atoms with Gasteiger partial charge in [-0.15, -0.1) is 0 Å². The molecule has 5 aliphatic heterocycles. The summed E-state index contributed by atoms with van der Waals surface area (Å²) >= 11 is 0. The highest BCUT2D eigenvalue weighted by Crippen LogP contribution is 2.70. The smallest absolute Gasteiger partial charge is 0.351 e. The van der Waals surface area contributed by atoms with Gasteiger partial charge < -0.3 is 94.7 Å². The second-order valence-corrected chi connectivity index (χ2v) is 27.4. The summed E-state index contributed by atoms with van der Waals surface area (Å²) in [6, 6.07) is 4.39. The van der Waals surface area contributed by atoms with E-state index in [1.165, 1.54) is 53.0 Å². The van der Waals surface area contributed by atoms with Crippen molar-refractivity contribution in [2.75, 3.05) is 18.9 Å². The van der Waals surface area contributed by atoms with E-state index in [0.717, 1.165) is 60.8 Å². The predicted molar refractivity (Wildman–Crippen MR) is 319 cm³/mol. The first-order valence-corrected chi connectivity index (χ1v) is 32.3. The van der Waals surface area contributed by atoms with E-state index in [4.69, 9.17) is 48.7 Å². The van der Waals surface area contributed by atoms with Gasteiger partial charge in [0.05, 0.1) is 74.1 Å². The number of fused-ring (bicyclic) bond motifs is 5. The van der Waals surface area contributed by atoms with Crippen LogP contribution in [0.15, 0.2) is 72.2 Å². The molecule has 1 aromatic carbocycles. The van der Waals surface area contributed by atoms with Crippen LogP contribution in [0.3, 0.4) is 0 Å². The van der Waals surface area contributed by atoms with E-state index >= 15 is 0 Å². The Hall–Kier alpha value is -5.43. The zero-order chi connectivity index (χ0) is 67.3. The number of nitrogens with two attached hydrogens (primary N) is 1. The number of nitrogens with zero attached hydrogens (tertiary/aromatic N) is 8. The maximum absolute atomic E-state index is 14.1. The molecule has 8 heterocycles. The van der Waals surface area contributed by atoms with Crippen LogP contribution in [-0.4, -0.2) is 219 Å². The number of ether oxygens (including phenoxy) is 8. The van der Waals surface area contributed by atoms with E-state index in [2.05, 4.69) is 32.1 Å². The molecule has 0 spiro atoms. The first-order chi connectivity index (χ1) is 44.6. The summed E-state index contributed by atoms with van der Waals surface area (Å²) in [6.07, 6.45) is 0.620. The molecule has 25 atom stereocenters. The van der Waals surface area contributed by atoms with Crippen LogP contribution in [0.5, 0.6) is 0 Å². The van der Waals surface area contributed by atoms with Crippen molar-refractivity contribution in [3.8, 4) is 0 Å². The number of aliphatic hydroxyl groups excluding tert-OH is 8. The number of nitrogen functional groups attached to an aromatic ring is 1. The van der Waals surface area contributed by atoms with Gasteiger partial charge >= 0.3 is 11.7 Å². The maximum Gasteiger partial charge on any atom is 0.351 e. The monoisotopic (exact) mass is 1330 g/mol. The van der Waals surface area contributed by atoms with Gasteiger partial charge in [-0.25, -0.2) is 37.7 Å². The van der Waals surface area contributed by atoms with E-state index in [-0.39, 0.29) is 85.6 Å². The van der Waals surface area contributed by atoms with E-state index in [1.807, 2.05) is 13.8 Å². The zero-order valence-electron chi connectivity index (χ0n) is 53.0. The van der Waals surface area contributed by atoms with Gasteiger partial charge in [-0.05, 0) is 119 Å². The third kappa shape index (κ3) is 13.9. The molecule has 0 amide bonds. The van der Waals surface area contributed by atoms with Gasteiger partial charge in [0.15, 0.2) is 25.1 Å². The minimum Gasteiger partial charge on any atom is -0.458 e. The van der Waals surface area contributed by atoms with Crippen molar-refractivity contribution in [2.24, 2.45) is 34.5 Å². The average Bonchev–Trinajstić information content (AvgIpc) is 1.51. The highest BCUT2D eigenvalue weighted by atomic mass is 19.1. The lowest BCUT2D eigenvalue weighted by Gasteiger charge is -2.65. The van der Waals surface area contributed by atoms with Crippen molar-refractivity contribution < 1.29 is 103 Å². The molecular formula is C63H89F2N9O20. The minimum atomic E-state index is -1.70. The molecule has 520 valence electrons. The molecule has 4 saturated carbocycles. The third-order valence-corrected chi connectivity index (χ3v) is 21.8. The summed E-state index contributed by atoms with van der Waals surface area (Å²) in [5.74, 6) is -1.30. The number of benzene rings is 1. The van der Waals surface area contributed by atoms with Crippen LogP contribution >= 0.6 is 0 Å². The number of halogens is 2. The molecule has 0 unspecified atom stereocenters. The Morgan fingerprint density at radius 2 is 1.34 bits per heavy atom. The normalized spacial score (nSPS) is 41.2. The minimum absolute atomic E-state index is 0.0452. The standard InChI is InChI=1S/C41H64O14.C13H12F2N6O.C9H13N3O5/c1-19-36(47)28(42)15-34(50-19)54-38-21(3)52-35(17-30(38)44)55-37-20(2)51-33(16-29(37)43)53-24-8-10-39(4)23(13-24)6-7-26-27(39)14-31(45)40(5)25(9-11-41(26,40)48)22-12-32(46)49-18-22;14-10-1-2-11(12(15)3-10)13(22,4-20-8-16-6-18-20)5-21-9-17-7-19-21;10-5-1-2-12(9(16)11-5)8-7(15)6(14)4(3-13)17-8/h12,19-21,23-31,33-38,42-45,47-48H,6-11,13-18H2,1-5H3;1-3,6-9,22H,4-5H2;1-2,4,6-8,13-15H,3H2,(H2,10,11,16)/t19-,20-,21-,23-,24+,25-,26-,27+,28+,29+,30+,31-,33+,34+,35+,36-,37-,38-,39+,40+,41+;;4-,6-,7+,8-/m1.1/s1. The van der Waals surface area contributed by atoms with Crippen molar-refractivity contribution in [1.29, 1.82) is 0 Å². The van der Waals surface area contributed by atoms with E-state index < -0.39 is 145 Å². The number of carbonyl (C=O) groups excluding carboxylic acids is 1. The summed E-state index contributed by atoms with van der Waals surface area (Å²) < 4.78 is 78.2. The van der Waals surface area contributed by atoms with Crippen molar-refractivity contribution >= 4 is 11.8 Å². The lowest BCUT2D eigenvalue weighted by Crippen LogP contribution is -2.67. The average molecular weight is 1330 g/mol. The molecule has 94 heavy (non-hydrogen) atoms. The number of hydrogen-bond donors (Lipinski definition) is 11. The number of cyclic esters (lactones) is 1.